The highest BCUT2D eigenvalue weighted by Crippen LogP contribution is 1.79. The molecule has 15 heavy (non-hydrogen) atoms. The predicted molar refractivity (Wildman–Crippen MR) is 61.5 cm³/mol. The molecule has 0 aromatic carbocycles. The molecule has 92 valence electrons. The van der Waals surface area contributed by atoms with Crippen molar-refractivity contribution in [1.29, 1.82) is 0 Å². The topological polar surface area (TPSA) is 59.6 Å². The predicted octanol–water partition coefficient (Wildman–Crippen LogP) is -0.203. The van der Waals surface area contributed by atoms with Crippen LogP contribution in [0.2, 0.25) is 0 Å². The Morgan fingerprint density at radius 3 is 2.33 bits per heavy atom. The second-order valence-corrected chi connectivity index (χ2v) is 2.84. The molecule has 0 fully saturated rings. The van der Waals surface area contributed by atoms with Crippen LogP contribution in [0.3, 0.4) is 0 Å². The number of halogens is 1. The van der Waals surface area contributed by atoms with Crippen LogP contribution < -0.4 is 10.6 Å². The molecule has 0 aromatic rings. The monoisotopic (exact) mass is 240 g/mol. The minimum Gasteiger partial charge on any atom is -0.384 e. The maximum absolute atomic E-state index is 11.0. The van der Waals surface area contributed by atoms with Gasteiger partial charge >= 0.3 is 0 Å². The third-order valence-electron chi connectivity index (χ3n) is 1.64. The molecule has 0 spiro atoms. The molecule has 0 aliphatic rings. The first-order valence-electron chi connectivity index (χ1n) is 4.76. The van der Waals surface area contributed by atoms with Gasteiger partial charge in [-0.25, -0.2) is 0 Å². The fraction of sp³-hybridized carbons (Fsp3) is 0.889. The van der Waals surface area contributed by atoms with Crippen LogP contribution in [-0.4, -0.2) is 53.0 Å². The van der Waals surface area contributed by atoms with Gasteiger partial charge in [0.25, 0.3) is 0 Å². The lowest BCUT2D eigenvalue weighted by Crippen LogP contribution is -2.33. The van der Waals surface area contributed by atoms with Gasteiger partial charge in [-0.2, -0.15) is 0 Å². The summed E-state index contributed by atoms with van der Waals surface area (Å²) in [5.74, 6) is 0.0281. The maximum atomic E-state index is 11.0. The number of carbonyl (C=O) groups excluding carboxylic acids is 1. The molecule has 1 amide bonds. The Bertz CT molecular complexity index is 147. The summed E-state index contributed by atoms with van der Waals surface area (Å²) in [5, 5.41) is 5.90. The first-order valence-corrected chi connectivity index (χ1v) is 4.76. The Morgan fingerprint density at radius 2 is 1.73 bits per heavy atom. The molecule has 2 N–H and O–H groups in total. The van der Waals surface area contributed by atoms with E-state index < -0.39 is 0 Å². The largest absolute Gasteiger partial charge is 0.384 e. The van der Waals surface area contributed by atoms with Gasteiger partial charge in [-0.05, 0) is 0 Å². The SMILES string of the molecule is COCCNCCNC(=O)CCOC.Cl. The third kappa shape index (κ3) is 13.6. The van der Waals surface area contributed by atoms with Crippen molar-refractivity contribution in [2.45, 2.75) is 6.42 Å². The van der Waals surface area contributed by atoms with Crippen LogP contribution in [0.5, 0.6) is 0 Å². The molecule has 0 bridgehead atoms. The normalized spacial score (nSPS) is 9.47. The van der Waals surface area contributed by atoms with E-state index in [0.29, 0.717) is 26.2 Å². The summed E-state index contributed by atoms with van der Waals surface area (Å²) in [6.07, 6.45) is 0.425. The van der Waals surface area contributed by atoms with E-state index in [2.05, 4.69) is 10.6 Å². The van der Waals surface area contributed by atoms with Crippen molar-refractivity contribution >= 4 is 18.3 Å². The van der Waals surface area contributed by atoms with Crippen LogP contribution in [0.1, 0.15) is 6.42 Å². The van der Waals surface area contributed by atoms with Crippen LogP contribution in [0.4, 0.5) is 0 Å². The molecule has 0 atom stereocenters. The van der Waals surface area contributed by atoms with Crippen molar-refractivity contribution in [3.05, 3.63) is 0 Å². The summed E-state index contributed by atoms with van der Waals surface area (Å²) in [6.45, 7) is 3.39. The van der Waals surface area contributed by atoms with Gasteiger partial charge in [0.05, 0.1) is 13.2 Å². The molecular formula is C9H21ClN2O3. The molecule has 0 heterocycles. The fourth-order valence-electron chi connectivity index (χ4n) is 0.873. The van der Waals surface area contributed by atoms with E-state index in [-0.39, 0.29) is 18.3 Å². The van der Waals surface area contributed by atoms with E-state index in [1.165, 1.54) is 0 Å². The maximum Gasteiger partial charge on any atom is 0.222 e. The van der Waals surface area contributed by atoms with Gasteiger partial charge in [-0.15, -0.1) is 12.4 Å². The Labute approximate surface area is 97.3 Å². The molecule has 6 heteroatoms. The van der Waals surface area contributed by atoms with E-state index in [1.54, 1.807) is 14.2 Å². The van der Waals surface area contributed by atoms with Gasteiger partial charge in [0.1, 0.15) is 0 Å². The number of carbonyl (C=O) groups is 1. The van der Waals surface area contributed by atoms with E-state index in [4.69, 9.17) is 9.47 Å². The number of hydrogen-bond acceptors (Lipinski definition) is 4. The Balaban J connectivity index is 0. The zero-order chi connectivity index (χ0) is 10.6. The van der Waals surface area contributed by atoms with Gasteiger partial charge in [-0.3, -0.25) is 4.79 Å². The summed E-state index contributed by atoms with van der Waals surface area (Å²) in [6, 6.07) is 0. The second kappa shape index (κ2) is 13.6. The summed E-state index contributed by atoms with van der Waals surface area (Å²) in [4.78, 5) is 11.0. The summed E-state index contributed by atoms with van der Waals surface area (Å²) in [5.41, 5.74) is 0. The van der Waals surface area contributed by atoms with E-state index >= 15 is 0 Å². The van der Waals surface area contributed by atoms with Gasteiger partial charge in [0.15, 0.2) is 0 Å². The second-order valence-electron chi connectivity index (χ2n) is 2.84. The zero-order valence-corrected chi connectivity index (χ0v) is 10.2. The lowest BCUT2D eigenvalue weighted by atomic mass is 10.4. The molecule has 0 unspecified atom stereocenters. The average Bonchev–Trinajstić information content (AvgIpc) is 2.20. The molecular weight excluding hydrogens is 220 g/mol. The zero-order valence-electron chi connectivity index (χ0n) is 9.38. The van der Waals surface area contributed by atoms with Gasteiger partial charge in [-0.1, -0.05) is 0 Å². The molecule has 0 saturated carbocycles. The van der Waals surface area contributed by atoms with Crippen molar-refractivity contribution in [3.8, 4) is 0 Å². The smallest absolute Gasteiger partial charge is 0.222 e. The quantitative estimate of drug-likeness (QED) is 0.548. The molecule has 0 rings (SSSR count). The fourth-order valence-corrected chi connectivity index (χ4v) is 0.873. The van der Waals surface area contributed by atoms with Crippen molar-refractivity contribution in [2.75, 3.05) is 47.1 Å². The Hall–Kier alpha value is -0.360. The number of amides is 1. The van der Waals surface area contributed by atoms with Gasteiger partial charge < -0.3 is 20.1 Å². The Kier molecular flexibility index (Phi) is 15.5. The standard InChI is InChI=1S/C9H20N2O3.ClH/c1-13-7-3-9(12)11-5-4-10-6-8-14-2;/h10H,3-8H2,1-2H3,(H,11,12);1H. The minimum absolute atomic E-state index is 0. The highest BCUT2D eigenvalue weighted by molar-refractivity contribution is 5.85. The first kappa shape index (κ1) is 17.0. The Morgan fingerprint density at radius 1 is 1.07 bits per heavy atom. The average molecular weight is 241 g/mol. The number of rotatable bonds is 9. The third-order valence-corrected chi connectivity index (χ3v) is 1.64. The minimum atomic E-state index is 0. The van der Waals surface area contributed by atoms with E-state index in [9.17, 15) is 4.79 Å². The van der Waals surface area contributed by atoms with E-state index in [1.807, 2.05) is 0 Å². The molecule has 0 saturated heterocycles. The molecule has 0 aliphatic carbocycles. The van der Waals surface area contributed by atoms with Gasteiger partial charge in [0, 0.05) is 40.3 Å². The number of hydrogen-bond donors (Lipinski definition) is 2. The van der Waals surface area contributed by atoms with E-state index in [0.717, 1.165) is 13.1 Å². The van der Waals surface area contributed by atoms with Crippen LogP contribution in [0.25, 0.3) is 0 Å². The summed E-state index contributed by atoms with van der Waals surface area (Å²) >= 11 is 0. The highest BCUT2D eigenvalue weighted by Gasteiger charge is 1.98. The number of nitrogens with one attached hydrogen (secondary N) is 2. The van der Waals surface area contributed by atoms with Crippen LogP contribution in [0, 0.1) is 0 Å². The van der Waals surface area contributed by atoms with Crippen LogP contribution in [-0.2, 0) is 14.3 Å². The van der Waals surface area contributed by atoms with Gasteiger partial charge in [0.2, 0.25) is 5.91 Å². The van der Waals surface area contributed by atoms with Crippen LogP contribution >= 0.6 is 12.4 Å². The molecule has 0 radical (unpaired) electrons. The van der Waals surface area contributed by atoms with Crippen molar-refractivity contribution in [3.63, 3.8) is 0 Å². The molecule has 0 aliphatic heterocycles. The summed E-state index contributed by atoms with van der Waals surface area (Å²) < 4.78 is 9.64. The summed E-state index contributed by atoms with van der Waals surface area (Å²) in [7, 11) is 3.24. The lowest BCUT2D eigenvalue weighted by molar-refractivity contribution is -0.121. The lowest BCUT2D eigenvalue weighted by Gasteiger charge is -2.05. The first-order chi connectivity index (χ1) is 6.81. The molecule has 5 nitrogen and oxygen atoms in total. The van der Waals surface area contributed by atoms with Crippen molar-refractivity contribution in [1.82, 2.24) is 10.6 Å². The van der Waals surface area contributed by atoms with Crippen molar-refractivity contribution < 1.29 is 14.3 Å². The number of methoxy groups -OCH3 is 2. The molecule has 0 aromatic heterocycles. The highest BCUT2D eigenvalue weighted by atomic mass is 35.5. The number of ether oxygens (including phenoxy) is 2. The van der Waals surface area contributed by atoms with Crippen LogP contribution in [0.15, 0.2) is 0 Å². The van der Waals surface area contributed by atoms with Crippen molar-refractivity contribution in [2.24, 2.45) is 0 Å².